The molecule has 31 heavy (non-hydrogen) atoms. The van der Waals surface area contributed by atoms with Crippen LogP contribution in [0, 0.1) is 13.8 Å². The second kappa shape index (κ2) is 8.55. The Balaban J connectivity index is 1.37. The van der Waals surface area contributed by atoms with Crippen LogP contribution in [0.1, 0.15) is 40.3 Å². The SMILES string of the molecule is Cc1cc(C(=O)OCC(=O)N[C@@H](C)c2ccc3c(c2)OCO3)c(C)n1-c1ccccc1. The maximum absolute atomic E-state index is 12.6. The van der Waals surface area contributed by atoms with Gasteiger partial charge in [-0.3, -0.25) is 4.79 Å². The van der Waals surface area contributed by atoms with E-state index in [4.69, 9.17) is 14.2 Å². The maximum Gasteiger partial charge on any atom is 0.340 e. The highest BCUT2D eigenvalue weighted by Crippen LogP contribution is 2.34. The zero-order valence-electron chi connectivity index (χ0n) is 17.7. The second-order valence-electron chi connectivity index (χ2n) is 7.43. The molecule has 7 heteroatoms. The van der Waals surface area contributed by atoms with Gasteiger partial charge in [-0.25, -0.2) is 4.79 Å². The molecule has 0 saturated heterocycles. The first-order valence-corrected chi connectivity index (χ1v) is 10.0. The van der Waals surface area contributed by atoms with E-state index in [1.54, 1.807) is 6.07 Å². The molecule has 1 amide bonds. The van der Waals surface area contributed by atoms with Crippen LogP contribution in [0.5, 0.6) is 11.5 Å². The molecule has 0 bridgehead atoms. The number of hydrogen-bond donors (Lipinski definition) is 1. The van der Waals surface area contributed by atoms with Gasteiger partial charge in [0.25, 0.3) is 5.91 Å². The van der Waals surface area contributed by atoms with E-state index >= 15 is 0 Å². The van der Waals surface area contributed by atoms with Crippen LogP contribution < -0.4 is 14.8 Å². The first-order valence-electron chi connectivity index (χ1n) is 10.0. The van der Waals surface area contributed by atoms with Crippen molar-refractivity contribution in [1.29, 1.82) is 0 Å². The Labute approximate surface area is 180 Å². The highest BCUT2D eigenvalue weighted by atomic mass is 16.7. The fraction of sp³-hybridized carbons (Fsp3) is 0.250. The van der Waals surface area contributed by atoms with Gasteiger partial charge in [-0.15, -0.1) is 0 Å². The molecular weight excluding hydrogens is 396 g/mol. The van der Waals surface area contributed by atoms with Crippen molar-refractivity contribution in [3.05, 3.63) is 77.1 Å². The number of rotatable bonds is 6. The lowest BCUT2D eigenvalue weighted by Gasteiger charge is -2.15. The molecule has 0 saturated carbocycles. The third-order valence-corrected chi connectivity index (χ3v) is 5.27. The van der Waals surface area contributed by atoms with Gasteiger partial charge in [0.2, 0.25) is 6.79 Å². The largest absolute Gasteiger partial charge is 0.454 e. The van der Waals surface area contributed by atoms with Gasteiger partial charge in [0.15, 0.2) is 18.1 Å². The molecular formula is C24H24N2O5. The fourth-order valence-corrected chi connectivity index (χ4v) is 3.70. The molecule has 0 unspecified atom stereocenters. The van der Waals surface area contributed by atoms with E-state index in [0.29, 0.717) is 17.1 Å². The molecule has 7 nitrogen and oxygen atoms in total. The van der Waals surface area contributed by atoms with E-state index in [1.807, 2.05) is 73.9 Å². The molecule has 1 aliphatic heterocycles. The third-order valence-electron chi connectivity index (χ3n) is 5.27. The van der Waals surface area contributed by atoms with Crippen molar-refractivity contribution in [2.24, 2.45) is 0 Å². The summed E-state index contributed by atoms with van der Waals surface area (Å²) >= 11 is 0. The van der Waals surface area contributed by atoms with E-state index < -0.39 is 5.97 Å². The van der Waals surface area contributed by atoms with Crippen molar-refractivity contribution in [3.8, 4) is 17.2 Å². The Hall–Kier alpha value is -3.74. The summed E-state index contributed by atoms with van der Waals surface area (Å²) in [5.74, 6) is 0.430. The lowest BCUT2D eigenvalue weighted by Crippen LogP contribution is -2.31. The molecule has 2 aromatic carbocycles. The smallest absolute Gasteiger partial charge is 0.340 e. The monoisotopic (exact) mass is 420 g/mol. The molecule has 3 aromatic rings. The number of hydrogen-bond acceptors (Lipinski definition) is 5. The standard InChI is InChI=1S/C24H24N2O5/c1-15-11-20(17(3)26(15)19-7-5-4-6-8-19)24(28)29-13-23(27)25-16(2)18-9-10-21-22(12-18)31-14-30-21/h4-12,16H,13-14H2,1-3H3,(H,25,27)/t16-/m0/s1. The summed E-state index contributed by atoms with van der Waals surface area (Å²) in [6.45, 7) is 5.47. The fourth-order valence-electron chi connectivity index (χ4n) is 3.70. The van der Waals surface area contributed by atoms with E-state index in [0.717, 1.165) is 22.6 Å². The number of carbonyl (C=O) groups excluding carboxylic acids is 2. The molecule has 0 spiro atoms. The number of ether oxygens (including phenoxy) is 3. The van der Waals surface area contributed by atoms with E-state index in [-0.39, 0.29) is 25.3 Å². The van der Waals surface area contributed by atoms with Crippen LogP contribution in [0.3, 0.4) is 0 Å². The average Bonchev–Trinajstić information content (AvgIpc) is 3.35. The summed E-state index contributed by atoms with van der Waals surface area (Å²) in [4.78, 5) is 24.9. The minimum atomic E-state index is -0.527. The molecule has 0 fully saturated rings. The van der Waals surface area contributed by atoms with Gasteiger partial charge in [-0.2, -0.15) is 0 Å². The molecule has 1 N–H and O–H groups in total. The lowest BCUT2D eigenvalue weighted by atomic mass is 10.1. The predicted molar refractivity (Wildman–Crippen MR) is 115 cm³/mol. The number of para-hydroxylation sites is 1. The Bertz CT molecular complexity index is 1120. The van der Waals surface area contributed by atoms with Crippen LogP contribution in [0.25, 0.3) is 5.69 Å². The van der Waals surface area contributed by atoms with Crippen molar-refractivity contribution in [2.75, 3.05) is 13.4 Å². The zero-order chi connectivity index (χ0) is 22.0. The molecule has 2 heterocycles. The molecule has 160 valence electrons. The quantitative estimate of drug-likeness (QED) is 0.613. The van der Waals surface area contributed by atoms with Gasteiger partial charge in [-0.05, 0) is 56.7 Å². The summed E-state index contributed by atoms with van der Waals surface area (Å²) in [6, 6.07) is 16.8. The summed E-state index contributed by atoms with van der Waals surface area (Å²) in [6.07, 6.45) is 0. The normalized spacial score (nSPS) is 13.0. The summed E-state index contributed by atoms with van der Waals surface area (Å²) in [5, 5.41) is 2.83. The first-order chi connectivity index (χ1) is 14.9. The number of esters is 1. The molecule has 4 rings (SSSR count). The van der Waals surface area contributed by atoms with Crippen LogP contribution >= 0.6 is 0 Å². The summed E-state index contributed by atoms with van der Waals surface area (Å²) in [5.41, 5.74) is 3.96. The second-order valence-corrected chi connectivity index (χ2v) is 7.43. The molecule has 0 aliphatic carbocycles. The van der Waals surface area contributed by atoms with Gasteiger partial charge in [0.05, 0.1) is 11.6 Å². The Morgan fingerprint density at radius 3 is 2.58 bits per heavy atom. The van der Waals surface area contributed by atoms with Gasteiger partial charge >= 0.3 is 5.97 Å². The highest BCUT2D eigenvalue weighted by Gasteiger charge is 2.20. The number of nitrogens with one attached hydrogen (secondary N) is 1. The van der Waals surface area contributed by atoms with Crippen LogP contribution in [0.2, 0.25) is 0 Å². The van der Waals surface area contributed by atoms with Crippen LogP contribution in [0.15, 0.2) is 54.6 Å². The van der Waals surface area contributed by atoms with Crippen molar-refractivity contribution in [3.63, 3.8) is 0 Å². The first kappa shape index (κ1) is 20.5. The Morgan fingerprint density at radius 1 is 1.06 bits per heavy atom. The molecule has 1 aliphatic rings. The van der Waals surface area contributed by atoms with E-state index in [9.17, 15) is 9.59 Å². The number of amides is 1. The number of carbonyl (C=O) groups is 2. The van der Waals surface area contributed by atoms with Crippen molar-refractivity contribution in [1.82, 2.24) is 9.88 Å². The van der Waals surface area contributed by atoms with Gasteiger partial charge in [-0.1, -0.05) is 24.3 Å². The molecule has 0 radical (unpaired) electrons. The van der Waals surface area contributed by atoms with Crippen LogP contribution in [0.4, 0.5) is 0 Å². The number of nitrogens with zero attached hydrogens (tertiary/aromatic N) is 1. The number of fused-ring (bicyclic) bond motifs is 1. The predicted octanol–water partition coefficient (Wildman–Crippen LogP) is 3.86. The van der Waals surface area contributed by atoms with Crippen molar-refractivity contribution in [2.45, 2.75) is 26.8 Å². The summed E-state index contributed by atoms with van der Waals surface area (Å²) in [7, 11) is 0. The van der Waals surface area contributed by atoms with Crippen LogP contribution in [-0.4, -0.2) is 29.8 Å². The lowest BCUT2D eigenvalue weighted by molar-refractivity contribution is -0.124. The molecule has 1 atom stereocenters. The van der Waals surface area contributed by atoms with Gasteiger partial charge < -0.3 is 24.1 Å². The average molecular weight is 420 g/mol. The third kappa shape index (κ3) is 4.26. The number of aryl methyl sites for hydroxylation is 1. The highest BCUT2D eigenvalue weighted by molar-refractivity contribution is 5.93. The van der Waals surface area contributed by atoms with E-state index in [1.165, 1.54) is 0 Å². The number of aromatic nitrogens is 1. The Kier molecular flexibility index (Phi) is 5.66. The minimum absolute atomic E-state index is 0.195. The topological polar surface area (TPSA) is 78.8 Å². The van der Waals surface area contributed by atoms with Crippen molar-refractivity contribution < 1.29 is 23.8 Å². The number of benzene rings is 2. The molecule has 1 aromatic heterocycles. The summed E-state index contributed by atoms with van der Waals surface area (Å²) < 4.78 is 17.9. The van der Waals surface area contributed by atoms with Gasteiger partial charge in [0, 0.05) is 17.1 Å². The van der Waals surface area contributed by atoms with Gasteiger partial charge in [0.1, 0.15) is 0 Å². The van der Waals surface area contributed by atoms with Crippen molar-refractivity contribution >= 4 is 11.9 Å². The minimum Gasteiger partial charge on any atom is -0.454 e. The van der Waals surface area contributed by atoms with E-state index in [2.05, 4.69) is 5.32 Å². The Morgan fingerprint density at radius 2 is 1.81 bits per heavy atom. The van der Waals surface area contributed by atoms with Crippen LogP contribution in [-0.2, 0) is 9.53 Å². The maximum atomic E-state index is 12.6. The zero-order valence-corrected chi connectivity index (χ0v) is 17.7.